The Balaban J connectivity index is 2.45. The Kier molecular flexibility index (Phi) is 4.14. The molecule has 2 rings (SSSR count). The molecule has 0 spiro atoms. The summed E-state index contributed by atoms with van der Waals surface area (Å²) in [6.45, 7) is 9.95. The Morgan fingerprint density at radius 3 is 2.55 bits per heavy atom. The van der Waals surface area contributed by atoms with Crippen LogP contribution in [0.15, 0.2) is 12.7 Å². The Bertz CT molecular complexity index is 524. The molecule has 122 valence electrons. The molecule has 0 aliphatic carbocycles. The van der Waals surface area contributed by atoms with Crippen LogP contribution in [0.5, 0.6) is 0 Å². The first-order valence-corrected chi connectivity index (χ1v) is 7.03. The van der Waals surface area contributed by atoms with E-state index in [1.165, 1.54) is 13.0 Å². The molecule has 7 nitrogen and oxygen atoms in total. The highest BCUT2D eigenvalue weighted by Gasteiger charge is 2.66. The van der Waals surface area contributed by atoms with Gasteiger partial charge in [0.1, 0.15) is 6.10 Å². The highest BCUT2D eigenvalue weighted by Crippen LogP contribution is 2.41. The predicted octanol–water partition coefficient (Wildman–Crippen LogP) is 0.756. The molecule has 2 heterocycles. The predicted molar refractivity (Wildman–Crippen MR) is 73.6 cm³/mol. The minimum absolute atomic E-state index is 0.116. The van der Waals surface area contributed by atoms with Gasteiger partial charge in [-0.25, -0.2) is 4.79 Å². The molecule has 7 heteroatoms. The third-order valence-electron chi connectivity index (χ3n) is 3.91. The summed E-state index contributed by atoms with van der Waals surface area (Å²) in [5.74, 6) is -4.15. The number of carbonyl (C=O) groups is 3. The van der Waals surface area contributed by atoms with E-state index in [9.17, 15) is 14.4 Å². The second-order valence-corrected chi connectivity index (χ2v) is 5.93. The SMILES string of the molecule is C=C[C@@H](C)[C@]1(OC(C)=O)C(=O)C(=O)O[C@@H]1[C@@H]1COC(C)(C)O1. The highest BCUT2D eigenvalue weighted by molar-refractivity contribution is 6.39. The van der Waals surface area contributed by atoms with Gasteiger partial charge in [-0.3, -0.25) is 9.59 Å². The summed E-state index contributed by atoms with van der Waals surface area (Å²) in [6, 6.07) is 0. The molecule has 0 aromatic rings. The minimum Gasteiger partial charge on any atom is -0.449 e. The van der Waals surface area contributed by atoms with Crippen molar-refractivity contribution in [3.63, 3.8) is 0 Å². The van der Waals surface area contributed by atoms with Crippen molar-refractivity contribution in [2.24, 2.45) is 5.92 Å². The van der Waals surface area contributed by atoms with Crippen LogP contribution >= 0.6 is 0 Å². The summed E-state index contributed by atoms with van der Waals surface area (Å²) in [4.78, 5) is 35.7. The van der Waals surface area contributed by atoms with Crippen molar-refractivity contribution in [2.75, 3.05) is 6.61 Å². The normalized spacial score (nSPS) is 35.1. The van der Waals surface area contributed by atoms with Crippen molar-refractivity contribution in [3.8, 4) is 0 Å². The Morgan fingerprint density at radius 2 is 2.09 bits per heavy atom. The lowest BCUT2D eigenvalue weighted by Gasteiger charge is -2.36. The number of Topliss-reactive ketones (excluding diaryl/α,β-unsaturated/α-hetero) is 1. The fourth-order valence-electron chi connectivity index (χ4n) is 2.84. The summed E-state index contributed by atoms with van der Waals surface area (Å²) < 4.78 is 21.6. The molecule has 0 amide bonds. The van der Waals surface area contributed by atoms with Crippen molar-refractivity contribution in [2.45, 2.75) is 51.3 Å². The summed E-state index contributed by atoms with van der Waals surface area (Å²) in [6.07, 6.45) is -0.352. The summed E-state index contributed by atoms with van der Waals surface area (Å²) in [7, 11) is 0. The average Bonchev–Trinajstić information content (AvgIpc) is 2.90. The molecule has 0 radical (unpaired) electrons. The van der Waals surface area contributed by atoms with Crippen molar-refractivity contribution in [1.29, 1.82) is 0 Å². The van der Waals surface area contributed by atoms with E-state index in [1.807, 2.05) is 0 Å². The zero-order valence-corrected chi connectivity index (χ0v) is 13.1. The maximum atomic E-state index is 12.4. The number of esters is 2. The zero-order chi connectivity index (χ0) is 16.7. The van der Waals surface area contributed by atoms with Crippen LogP contribution in [-0.2, 0) is 33.3 Å². The van der Waals surface area contributed by atoms with Crippen LogP contribution in [0.1, 0.15) is 27.7 Å². The minimum atomic E-state index is -1.78. The summed E-state index contributed by atoms with van der Waals surface area (Å²) in [5.41, 5.74) is -1.78. The number of ether oxygens (including phenoxy) is 4. The van der Waals surface area contributed by atoms with Crippen molar-refractivity contribution in [1.82, 2.24) is 0 Å². The van der Waals surface area contributed by atoms with E-state index in [2.05, 4.69) is 6.58 Å². The first-order valence-electron chi connectivity index (χ1n) is 7.03. The molecular weight excluding hydrogens is 292 g/mol. The van der Waals surface area contributed by atoms with Crippen LogP contribution in [0.4, 0.5) is 0 Å². The molecule has 22 heavy (non-hydrogen) atoms. The molecule has 2 saturated heterocycles. The lowest BCUT2D eigenvalue weighted by molar-refractivity contribution is -0.193. The lowest BCUT2D eigenvalue weighted by atomic mass is 9.79. The lowest BCUT2D eigenvalue weighted by Crippen LogP contribution is -2.57. The Hall–Kier alpha value is -1.73. The summed E-state index contributed by atoms with van der Waals surface area (Å²) >= 11 is 0. The molecule has 0 N–H and O–H groups in total. The van der Waals surface area contributed by atoms with E-state index in [-0.39, 0.29) is 6.61 Å². The highest BCUT2D eigenvalue weighted by atomic mass is 16.8. The molecule has 2 aliphatic heterocycles. The van der Waals surface area contributed by atoms with E-state index in [1.54, 1.807) is 20.8 Å². The fraction of sp³-hybridized carbons (Fsp3) is 0.667. The number of cyclic esters (lactones) is 1. The number of ketones is 1. The maximum absolute atomic E-state index is 12.4. The maximum Gasteiger partial charge on any atom is 0.379 e. The van der Waals surface area contributed by atoms with Crippen LogP contribution in [0.2, 0.25) is 0 Å². The quantitative estimate of drug-likeness (QED) is 0.430. The number of rotatable bonds is 4. The topological polar surface area (TPSA) is 88.1 Å². The molecule has 0 saturated carbocycles. The van der Waals surface area contributed by atoms with Gasteiger partial charge in [-0.15, -0.1) is 6.58 Å². The number of hydrogen-bond donors (Lipinski definition) is 0. The molecule has 0 unspecified atom stereocenters. The molecule has 2 fully saturated rings. The Morgan fingerprint density at radius 1 is 1.45 bits per heavy atom. The standard InChI is InChI=1S/C15H20O7/c1-6-8(2)15(21-9(3)16)11(17)13(18)20-12(15)10-7-19-14(4,5)22-10/h6,8,10,12H,1,7H2,2-5H3/t8-,10+,12-,15+/m1/s1. The third-order valence-corrected chi connectivity index (χ3v) is 3.91. The van der Waals surface area contributed by atoms with Gasteiger partial charge in [0.15, 0.2) is 11.9 Å². The molecule has 0 aromatic carbocycles. The fourth-order valence-corrected chi connectivity index (χ4v) is 2.84. The second-order valence-electron chi connectivity index (χ2n) is 5.93. The van der Waals surface area contributed by atoms with Gasteiger partial charge in [0.05, 0.1) is 6.61 Å². The van der Waals surface area contributed by atoms with Crippen LogP contribution in [-0.4, -0.2) is 47.9 Å². The second kappa shape index (κ2) is 5.48. The van der Waals surface area contributed by atoms with Crippen LogP contribution in [0.25, 0.3) is 0 Å². The van der Waals surface area contributed by atoms with Gasteiger partial charge < -0.3 is 18.9 Å². The molecule has 2 aliphatic rings. The average molecular weight is 312 g/mol. The first-order chi connectivity index (χ1) is 10.1. The van der Waals surface area contributed by atoms with Gasteiger partial charge in [0.2, 0.25) is 5.60 Å². The summed E-state index contributed by atoms with van der Waals surface area (Å²) in [5, 5.41) is 0. The van der Waals surface area contributed by atoms with Crippen molar-refractivity contribution >= 4 is 17.7 Å². The smallest absolute Gasteiger partial charge is 0.379 e. The van der Waals surface area contributed by atoms with Gasteiger partial charge in [-0.1, -0.05) is 13.0 Å². The van der Waals surface area contributed by atoms with Gasteiger partial charge >= 0.3 is 11.9 Å². The van der Waals surface area contributed by atoms with E-state index in [0.29, 0.717) is 0 Å². The zero-order valence-electron chi connectivity index (χ0n) is 13.1. The largest absolute Gasteiger partial charge is 0.449 e. The molecule has 0 bridgehead atoms. The van der Waals surface area contributed by atoms with Crippen LogP contribution < -0.4 is 0 Å². The Labute approximate surface area is 128 Å². The van der Waals surface area contributed by atoms with E-state index in [4.69, 9.17) is 18.9 Å². The third kappa shape index (κ3) is 2.55. The molecule has 4 atom stereocenters. The van der Waals surface area contributed by atoms with Crippen LogP contribution in [0.3, 0.4) is 0 Å². The number of hydrogen-bond acceptors (Lipinski definition) is 7. The van der Waals surface area contributed by atoms with Crippen LogP contribution in [0, 0.1) is 5.92 Å². The van der Waals surface area contributed by atoms with Crippen molar-refractivity contribution < 1.29 is 33.3 Å². The monoisotopic (exact) mass is 312 g/mol. The molecule has 0 aromatic heterocycles. The van der Waals surface area contributed by atoms with Gasteiger partial charge in [-0.05, 0) is 13.8 Å². The first kappa shape index (κ1) is 16.6. The van der Waals surface area contributed by atoms with E-state index >= 15 is 0 Å². The van der Waals surface area contributed by atoms with Gasteiger partial charge in [0, 0.05) is 12.8 Å². The van der Waals surface area contributed by atoms with E-state index in [0.717, 1.165) is 0 Å². The molecular formula is C15H20O7. The van der Waals surface area contributed by atoms with Gasteiger partial charge in [-0.2, -0.15) is 0 Å². The van der Waals surface area contributed by atoms with Gasteiger partial charge in [0.25, 0.3) is 5.78 Å². The number of carbonyl (C=O) groups excluding carboxylic acids is 3. The van der Waals surface area contributed by atoms with E-state index < -0.39 is 47.2 Å². The van der Waals surface area contributed by atoms with Crippen molar-refractivity contribution in [3.05, 3.63) is 12.7 Å².